The number of rotatable bonds is 5. The monoisotopic (exact) mass is 256 g/mol. The Hall–Kier alpha value is -1.84. The van der Waals surface area contributed by atoms with Gasteiger partial charge in [0.2, 0.25) is 0 Å². The van der Waals surface area contributed by atoms with Gasteiger partial charge in [0.25, 0.3) is 0 Å². The molecule has 0 aliphatic carbocycles. The largest absolute Gasteiger partial charge is 0.497 e. The molecule has 3 N–H and O–H groups in total. The summed E-state index contributed by atoms with van der Waals surface area (Å²) < 4.78 is 5.17. The molecular formula is C16H20N2O. The lowest BCUT2D eigenvalue weighted by Gasteiger charge is -2.18. The van der Waals surface area contributed by atoms with E-state index in [0.717, 1.165) is 17.7 Å². The number of methoxy groups -OCH3 is 1. The van der Waals surface area contributed by atoms with Crippen LogP contribution in [0.5, 0.6) is 5.75 Å². The Labute approximate surface area is 114 Å². The van der Waals surface area contributed by atoms with Crippen LogP contribution in [0.3, 0.4) is 0 Å². The molecule has 0 amide bonds. The Morgan fingerprint density at radius 1 is 1.11 bits per heavy atom. The maximum Gasteiger partial charge on any atom is 0.118 e. The number of hydrazine groups is 1. The second-order valence-electron chi connectivity index (χ2n) is 4.62. The highest BCUT2D eigenvalue weighted by Crippen LogP contribution is 2.22. The molecule has 0 spiro atoms. The minimum absolute atomic E-state index is 0.104. The van der Waals surface area contributed by atoms with Crippen molar-refractivity contribution in [1.29, 1.82) is 0 Å². The van der Waals surface area contributed by atoms with Crippen molar-refractivity contribution in [2.45, 2.75) is 19.4 Å². The molecule has 19 heavy (non-hydrogen) atoms. The molecule has 2 aromatic rings. The molecule has 2 aromatic carbocycles. The normalized spacial score (nSPS) is 12.2. The molecule has 0 heterocycles. The van der Waals surface area contributed by atoms with Crippen LogP contribution in [-0.4, -0.2) is 7.11 Å². The number of hydrogen-bond acceptors (Lipinski definition) is 3. The zero-order chi connectivity index (χ0) is 13.7. The summed E-state index contributed by atoms with van der Waals surface area (Å²) in [7, 11) is 1.67. The predicted octanol–water partition coefficient (Wildman–Crippen LogP) is 2.75. The first-order chi connectivity index (χ1) is 9.24. The van der Waals surface area contributed by atoms with Crippen LogP contribution in [0.15, 0.2) is 48.5 Å². The first kappa shape index (κ1) is 13.6. The third-order valence-corrected chi connectivity index (χ3v) is 3.40. The van der Waals surface area contributed by atoms with E-state index < -0.39 is 0 Å². The third kappa shape index (κ3) is 3.34. The van der Waals surface area contributed by atoms with Gasteiger partial charge >= 0.3 is 0 Å². The van der Waals surface area contributed by atoms with Crippen molar-refractivity contribution in [2.75, 3.05) is 7.11 Å². The molecule has 1 unspecified atom stereocenters. The SMILES string of the molecule is COc1ccc(C(Cc2ccccc2C)NN)cc1. The quantitative estimate of drug-likeness (QED) is 0.639. The van der Waals surface area contributed by atoms with Crippen LogP contribution in [0.4, 0.5) is 0 Å². The Bertz CT molecular complexity index is 523. The molecule has 0 radical (unpaired) electrons. The van der Waals surface area contributed by atoms with Crippen molar-refractivity contribution >= 4 is 0 Å². The second kappa shape index (κ2) is 6.36. The fourth-order valence-corrected chi connectivity index (χ4v) is 2.17. The van der Waals surface area contributed by atoms with E-state index in [9.17, 15) is 0 Å². The van der Waals surface area contributed by atoms with Crippen molar-refractivity contribution in [3.05, 3.63) is 65.2 Å². The summed E-state index contributed by atoms with van der Waals surface area (Å²) in [5.74, 6) is 6.55. The standard InChI is InChI=1S/C16H20N2O/c1-12-5-3-4-6-14(12)11-16(18-17)13-7-9-15(19-2)10-8-13/h3-10,16,18H,11,17H2,1-2H3. The lowest BCUT2D eigenvalue weighted by Crippen LogP contribution is -2.29. The van der Waals surface area contributed by atoms with E-state index in [0.29, 0.717) is 0 Å². The van der Waals surface area contributed by atoms with Gasteiger partial charge in [0, 0.05) is 6.04 Å². The molecule has 0 fully saturated rings. The van der Waals surface area contributed by atoms with E-state index in [-0.39, 0.29) is 6.04 Å². The first-order valence-electron chi connectivity index (χ1n) is 6.39. The highest BCUT2D eigenvalue weighted by Gasteiger charge is 2.11. The van der Waals surface area contributed by atoms with E-state index in [1.807, 2.05) is 24.3 Å². The van der Waals surface area contributed by atoms with E-state index in [2.05, 4.69) is 36.6 Å². The Morgan fingerprint density at radius 3 is 2.37 bits per heavy atom. The lowest BCUT2D eigenvalue weighted by atomic mass is 9.96. The van der Waals surface area contributed by atoms with Gasteiger partial charge in [-0.1, -0.05) is 36.4 Å². The van der Waals surface area contributed by atoms with Gasteiger partial charge < -0.3 is 4.74 Å². The number of nitrogens with two attached hydrogens (primary N) is 1. The maximum atomic E-state index is 5.69. The third-order valence-electron chi connectivity index (χ3n) is 3.40. The Morgan fingerprint density at radius 2 is 1.79 bits per heavy atom. The van der Waals surface area contributed by atoms with Crippen LogP contribution in [0.2, 0.25) is 0 Å². The Balaban J connectivity index is 2.17. The summed E-state index contributed by atoms with van der Waals surface area (Å²) >= 11 is 0. The average Bonchev–Trinajstić information content (AvgIpc) is 2.47. The minimum Gasteiger partial charge on any atom is -0.497 e. The highest BCUT2D eigenvalue weighted by molar-refractivity contribution is 5.32. The minimum atomic E-state index is 0.104. The molecule has 0 saturated carbocycles. The summed E-state index contributed by atoms with van der Waals surface area (Å²) in [4.78, 5) is 0. The summed E-state index contributed by atoms with van der Waals surface area (Å²) in [5, 5.41) is 0. The van der Waals surface area contributed by atoms with E-state index >= 15 is 0 Å². The highest BCUT2D eigenvalue weighted by atomic mass is 16.5. The smallest absolute Gasteiger partial charge is 0.118 e. The van der Waals surface area contributed by atoms with Crippen LogP contribution in [0.1, 0.15) is 22.7 Å². The second-order valence-corrected chi connectivity index (χ2v) is 4.62. The summed E-state index contributed by atoms with van der Waals surface area (Å²) in [6, 6.07) is 16.5. The fourth-order valence-electron chi connectivity index (χ4n) is 2.17. The molecule has 3 heteroatoms. The fraction of sp³-hybridized carbons (Fsp3) is 0.250. The van der Waals surface area contributed by atoms with Crippen molar-refractivity contribution < 1.29 is 4.74 Å². The summed E-state index contributed by atoms with van der Waals surface area (Å²) in [6.45, 7) is 2.12. The number of benzene rings is 2. The average molecular weight is 256 g/mol. The first-order valence-corrected chi connectivity index (χ1v) is 6.39. The Kier molecular flexibility index (Phi) is 4.55. The molecule has 0 aliphatic heterocycles. The molecule has 0 aromatic heterocycles. The van der Waals surface area contributed by atoms with Gasteiger partial charge in [-0.2, -0.15) is 0 Å². The number of aryl methyl sites for hydroxylation is 1. The molecule has 100 valence electrons. The van der Waals surface area contributed by atoms with Gasteiger partial charge in [-0.05, 0) is 42.2 Å². The van der Waals surface area contributed by atoms with Gasteiger partial charge in [0.1, 0.15) is 5.75 Å². The molecule has 0 bridgehead atoms. The number of hydrogen-bond donors (Lipinski definition) is 2. The summed E-state index contributed by atoms with van der Waals surface area (Å²) in [6.07, 6.45) is 0.871. The van der Waals surface area contributed by atoms with Gasteiger partial charge in [0.05, 0.1) is 7.11 Å². The number of ether oxygens (including phenoxy) is 1. The van der Waals surface area contributed by atoms with Crippen molar-refractivity contribution in [1.82, 2.24) is 5.43 Å². The molecule has 1 atom stereocenters. The topological polar surface area (TPSA) is 47.3 Å². The number of nitrogens with one attached hydrogen (secondary N) is 1. The summed E-state index contributed by atoms with van der Waals surface area (Å²) in [5.41, 5.74) is 6.64. The van der Waals surface area contributed by atoms with Crippen LogP contribution in [0.25, 0.3) is 0 Å². The van der Waals surface area contributed by atoms with Gasteiger partial charge in [0.15, 0.2) is 0 Å². The lowest BCUT2D eigenvalue weighted by molar-refractivity contribution is 0.414. The zero-order valence-electron chi connectivity index (χ0n) is 11.4. The van der Waals surface area contributed by atoms with Gasteiger partial charge in [-0.3, -0.25) is 11.3 Å². The molecule has 0 aliphatic rings. The van der Waals surface area contributed by atoms with E-state index in [1.54, 1.807) is 7.11 Å². The van der Waals surface area contributed by atoms with E-state index in [4.69, 9.17) is 10.6 Å². The predicted molar refractivity (Wildman–Crippen MR) is 77.9 cm³/mol. The van der Waals surface area contributed by atoms with Crippen LogP contribution >= 0.6 is 0 Å². The van der Waals surface area contributed by atoms with Crippen molar-refractivity contribution in [2.24, 2.45) is 5.84 Å². The molecule has 3 nitrogen and oxygen atoms in total. The van der Waals surface area contributed by atoms with Gasteiger partial charge in [-0.15, -0.1) is 0 Å². The van der Waals surface area contributed by atoms with Crippen LogP contribution in [-0.2, 0) is 6.42 Å². The van der Waals surface area contributed by atoms with Crippen molar-refractivity contribution in [3.63, 3.8) is 0 Å². The molecular weight excluding hydrogens is 236 g/mol. The zero-order valence-corrected chi connectivity index (χ0v) is 11.4. The molecule has 0 saturated heterocycles. The van der Waals surface area contributed by atoms with Gasteiger partial charge in [-0.25, -0.2) is 0 Å². The van der Waals surface area contributed by atoms with Crippen LogP contribution < -0.4 is 16.0 Å². The van der Waals surface area contributed by atoms with Crippen molar-refractivity contribution in [3.8, 4) is 5.75 Å². The van der Waals surface area contributed by atoms with Crippen LogP contribution in [0, 0.1) is 6.92 Å². The van der Waals surface area contributed by atoms with E-state index in [1.165, 1.54) is 11.1 Å². The maximum absolute atomic E-state index is 5.69. The molecule has 2 rings (SSSR count).